The van der Waals surface area contributed by atoms with Crippen LogP contribution in [0.2, 0.25) is 0 Å². The van der Waals surface area contributed by atoms with Crippen molar-refractivity contribution in [1.82, 2.24) is 4.90 Å². The van der Waals surface area contributed by atoms with Crippen molar-refractivity contribution in [3.8, 4) is 0 Å². The SMILES string of the molecule is CCC(=O)N(CC1CCCCN(CCc2ccccc2)C1)c1ccccc1. The number of carbonyl (C=O) groups is 1. The summed E-state index contributed by atoms with van der Waals surface area (Å²) in [6.45, 7) is 6.16. The lowest BCUT2D eigenvalue weighted by Crippen LogP contribution is -2.39. The van der Waals surface area contributed by atoms with Gasteiger partial charge in [0.15, 0.2) is 0 Å². The van der Waals surface area contributed by atoms with Gasteiger partial charge in [-0.2, -0.15) is 0 Å². The minimum absolute atomic E-state index is 0.223. The molecule has 1 amide bonds. The zero-order valence-electron chi connectivity index (χ0n) is 16.5. The van der Waals surface area contributed by atoms with Crippen molar-refractivity contribution in [1.29, 1.82) is 0 Å². The molecule has 144 valence electrons. The average Bonchev–Trinajstić information content (AvgIpc) is 2.96. The highest BCUT2D eigenvalue weighted by atomic mass is 16.2. The summed E-state index contributed by atoms with van der Waals surface area (Å²) in [5.74, 6) is 0.764. The molecule has 27 heavy (non-hydrogen) atoms. The number of anilines is 1. The van der Waals surface area contributed by atoms with Crippen LogP contribution in [0.25, 0.3) is 0 Å². The summed E-state index contributed by atoms with van der Waals surface area (Å²) >= 11 is 0. The second-order valence-electron chi connectivity index (χ2n) is 7.59. The molecule has 3 rings (SSSR count). The van der Waals surface area contributed by atoms with E-state index in [4.69, 9.17) is 0 Å². The van der Waals surface area contributed by atoms with Crippen LogP contribution in [0.4, 0.5) is 5.69 Å². The standard InChI is InChI=1S/C24H32N2O/c1-2-24(27)26(23-14-7-4-8-15-23)20-22-13-9-10-17-25(19-22)18-16-21-11-5-3-6-12-21/h3-8,11-12,14-15,22H,2,9-10,13,16-20H2,1H3. The summed E-state index contributed by atoms with van der Waals surface area (Å²) in [7, 11) is 0. The van der Waals surface area contributed by atoms with Crippen molar-refractivity contribution in [3.63, 3.8) is 0 Å². The Labute approximate surface area is 164 Å². The highest BCUT2D eigenvalue weighted by Gasteiger charge is 2.23. The minimum Gasteiger partial charge on any atom is -0.312 e. The lowest BCUT2D eigenvalue weighted by molar-refractivity contribution is -0.118. The van der Waals surface area contributed by atoms with Crippen LogP contribution in [0.3, 0.4) is 0 Å². The van der Waals surface area contributed by atoms with E-state index in [0.717, 1.165) is 31.7 Å². The molecule has 2 aromatic rings. The predicted molar refractivity (Wildman–Crippen MR) is 113 cm³/mol. The smallest absolute Gasteiger partial charge is 0.226 e. The number of carbonyl (C=O) groups excluding carboxylic acids is 1. The fourth-order valence-corrected chi connectivity index (χ4v) is 4.01. The summed E-state index contributed by atoms with van der Waals surface area (Å²) in [4.78, 5) is 17.2. The molecule has 1 heterocycles. The van der Waals surface area contributed by atoms with Crippen LogP contribution in [0.1, 0.15) is 38.2 Å². The first-order valence-electron chi connectivity index (χ1n) is 10.4. The van der Waals surface area contributed by atoms with Crippen LogP contribution in [0.15, 0.2) is 60.7 Å². The van der Waals surface area contributed by atoms with Gasteiger partial charge in [0.2, 0.25) is 5.91 Å². The van der Waals surface area contributed by atoms with Crippen molar-refractivity contribution in [2.45, 2.75) is 39.0 Å². The average molecular weight is 365 g/mol. The zero-order valence-corrected chi connectivity index (χ0v) is 16.5. The third kappa shape index (κ3) is 5.93. The summed E-state index contributed by atoms with van der Waals surface area (Å²) in [6.07, 6.45) is 5.39. The molecule has 0 spiro atoms. The van der Waals surface area contributed by atoms with Crippen LogP contribution in [-0.2, 0) is 11.2 Å². The van der Waals surface area contributed by atoms with E-state index in [-0.39, 0.29) is 5.91 Å². The first-order valence-corrected chi connectivity index (χ1v) is 10.4. The Kier molecular flexibility index (Phi) is 7.46. The number of nitrogens with zero attached hydrogens (tertiary/aromatic N) is 2. The van der Waals surface area contributed by atoms with Crippen molar-refractivity contribution >= 4 is 11.6 Å². The summed E-state index contributed by atoms with van der Waals surface area (Å²) in [6, 6.07) is 20.9. The van der Waals surface area contributed by atoms with Crippen molar-refractivity contribution in [2.75, 3.05) is 31.1 Å². The van der Waals surface area contributed by atoms with E-state index in [0.29, 0.717) is 12.3 Å². The molecule has 0 aromatic heterocycles. The molecule has 0 aliphatic carbocycles. The van der Waals surface area contributed by atoms with E-state index in [2.05, 4.69) is 47.4 Å². The van der Waals surface area contributed by atoms with Crippen molar-refractivity contribution < 1.29 is 4.79 Å². The largest absolute Gasteiger partial charge is 0.312 e. The molecule has 3 heteroatoms. The van der Waals surface area contributed by atoms with Gasteiger partial charge < -0.3 is 9.80 Å². The van der Waals surface area contributed by atoms with E-state index >= 15 is 0 Å². The van der Waals surface area contributed by atoms with Gasteiger partial charge in [0.25, 0.3) is 0 Å². The number of hydrogen-bond acceptors (Lipinski definition) is 2. The maximum absolute atomic E-state index is 12.6. The van der Waals surface area contributed by atoms with Crippen LogP contribution >= 0.6 is 0 Å². The fourth-order valence-electron chi connectivity index (χ4n) is 4.01. The lowest BCUT2D eigenvalue weighted by atomic mass is 10.0. The molecule has 0 bridgehead atoms. The van der Waals surface area contributed by atoms with E-state index in [1.807, 2.05) is 30.0 Å². The molecule has 2 aromatic carbocycles. The Morgan fingerprint density at radius 1 is 1.04 bits per heavy atom. The second-order valence-corrected chi connectivity index (χ2v) is 7.59. The Bertz CT molecular complexity index is 686. The normalized spacial score (nSPS) is 18.0. The minimum atomic E-state index is 0.223. The van der Waals surface area contributed by atoms with E-state index in [9.17, 15) is 4.79 Å². The molecule has 0 N–H and O–H groups in total. The number of likely N-dealkylation sites (tertiary alicyclic amines) is 1. The van der Waals surface area contributed by atoms with Gasteiger partial charge in [0.1, 0.15) is 0 Å². The van der Waals surface area contributed by atoms with Gasteiger partial charge in [-0.25, -0.2) is 0 Å². The molecule has 1 aliphatic rings. The van der Waals surface area contributed by atoms with Crippen LogP contribution in [0.5, 0.6) is 0 Å². The molecule has 1 saturated heterocycles. The fraction of sp³-hybridized carbons (Fsp3) is 0.458. The maximum atomic E-state index is 12.6. The van der Waals surface area contributed by atoms with Crippen LogP contribution in [0, 0.1) is 5.92 Å². The third-order valence-electron chi connectivity index (χ3n) is 5.52. The number of rotatable bonds is 7. The summed E-state index contributed by atoms with van der Waals surface area (Å²) in [5, 5.41) is 0. The number of para-hydroxylation sites is 1. The van der Waals surface area contributed by atoms with Crippen molar-refractivity contribution in [2.24, 2.45) is 5.92 Å². The van der Waals surface area contributed by atoms with Gasteiger partial charge in [-0.05, 0) is 49.4 Å². The van der Waals surface area contributed by atoms with E-state index < -0.39 is 0 Å². The second kappa shape index (κ2) is 10.3. The predicted octanol–water partition coefficient (Wildman–Crippen LogP) is 4.77. The monoisotopic (exact) mass is 364 g/mol. The Morgan fingerprint density at radius 3 is 2.44 bits per heavy atom. The first kappa shape index (κ1) is 19.6. The molecule has 1 unspecified atom stereocenters. The summed E-state index contributed by atoms with van der Waals surface area (Å²) in [5.41, 5.74) is 2.44. The van der Waals surface area contributed by atoms with E-state index in [1.54, 1.807) is 0 Å². The Morgan fingerprint density at radius 2 is 1.74 bits per heavy atom. The molecule has 1 fully saturated rings. The van der Waals surface area contributed by atoms with Crippen LogP contribution < -0.4 is 4.90 Å². The number of hydrogen-bond donors (Lipinski definition) is 0. The van der Waals surface area contributed by atoms with Gasteiger partial charge in [-0.3, -0.25) is 4.79 Å². The maximum Gasteiger partial charge on any atom is 0.226 e. The molecule has 1 aliphatic heterocycles. The first-order chi connectivity index (χ1) is 13.3. The third-order valence-corrected chi connectivity index (χ3v) is 5.52. The molecule has 3 nitrogen and oxygen atoms in total. The highest BCUT2D eigenvalue weighted by molar-refractivity contribution is 5.93. The van der Waals surface area contributed by atoms with Gasteiger partial charge in [0, 0.05) is 31.7 Å². The summed E-state index contributed by atoms with van der Waals surface area (Å²) < 4.78 is 0. The van der Waals surface area contributed by atoms with Gasteiger partial charge >= 0.3 is 0 Å². The molecular formula is C24H32N2O. The molecule has 0 saturated carbocycles. The van der Waals surface area contributed by atoms with Crippen LogP contribution in [-0.4, -0.2) is 37.0 Å². The lowest BCUT2D eigenvalue weighted by Gasteiger charge is -2.30. The van der Waals surface area contributed by atoms with E-state index in [1.165, 1.54) is 31.4 Å². The highest BCUT2D eigenvalue weighted by Crippen LogP contribution is 2.22. The Balaban J connectivity index is 1.62. The van der Waals surface area contributed by atoms with Gasteiger partial charge in [-0.15, -0.1) is 0 Å². The number of benzene rings is 2. The topological polar surface area (TPSA) is 23.6 Å². The number of amides is 1. The van der Waals surface area contributed by atoms with Crippen molar-refractivity contribution in [3.05, 3.63) is 66.2 Å². The Hall–Kier alpha value is -2.13. The molecule has 0 radical (unpaired) electrons. The van der Waals surface area contributed by atoms with Gasteiger partial charge in [0.05, 0.1) is 0 Å². The molecular weight excluding hydrogens is 332 g/mol. The van der Waals surface area contributed by atoms with Gasteiger partial charge in [-0.1, -0.05) is 61.9 Å². The quantitative estimate of drug-likeness (QED) is 0.706. The molecule has 1 atom stereocenters. The zero-order chi connectivity index (χ0) is 18.9.